The van der Waals surface area contributed by atoms with Gasteiger partial charge in [-0.1, -0.05) is 23.4 Å². The third-order valence-electron chi connectivity index (χ3n) is 4.04. The zero-order valence-corrected chi connectivity index (χ0v) is 15.6. The van der Waals surface area contributed by atoms with Gasteiger partial charge in [0.25, 0.3) is 5.91 Å². The normalized spacial score (nSPS) is 15.8. The zero-order chi connectivity index (χ0) is 18.5. The molecule has 1 aliphatic heterocycles. The molecule has 26 heavy (non-hydrogen) atoms. The molecule has 6 nitrogen and oxygen atoms in total. The van der Waals surface area contributed by atoms with Crippen LogP contribution in [0.15, 0.2) is 52.5 Å². The van der Waals surface area contributed by atoms with Crippen molar-refractivity contribution in [1.82, 2.24) is 0 Å². The van der Waals surface area contributed by atoms with Gasteiger partial charge >= 0.3 is 0 Å². The number of nitrogens with zero attached hydrogens (tertiary/aromatic N) is 1. The number of benzene rings is 2. The molecule has 1 atom stereocenters. The van der Waals surface area contributed by atoms with Crippen molar-refractivity contribution in [3.63, 3.8) is 0 Å². The Kier molecular flexibility index (Phi) is 5.68. The number of rotatable bonds is 6. The van der Waals surface area contributed by atoms with Crippen molar-refractivity contribution in [1.29, 1.82) is 0 Å². The molecular formula is C19H20N2O4S. The first-order chi connectivity index (χ1) is 12.7. The van der Waals surface area contributed by atoms with Crippen LogP contribution in [0.4, 0.5) is 5.69 Å². The van der Waals surface area contributed by atoms with Crippen LogP contribution >= 0.6 is 11.8 Å². The molecule has 0 radical (unpaired) electrons. The van der Waals surface area contributed by atoms with E-state index in [4.69, 9.17) is 14.3 Å². The summed E-state index contributed by atoms with van der Waals surface area (Å²) in [6.07, 6.45) is 1.64. The Morgan fingerprint density at radius 1 is 1.19 bits per heavy atom. The Balaban J connectivity index is 1.73. The molecule has 0 fully saturated rings. The second-order valence-corrected chi connectivity index (χ2v) is 6.41. The SMILES string of the molecule is COc1cccc(C2=NOC(C(=O)Nc3ccccc3SC)C2)c1OC. The fraction of sp³-hybridized carbons (Fsp3) is 0.263. The molecule has 1 N–H and O–H groups in total. The van der Waals surface area contributed by atoms with Gasteiger partial charge in [0.05, 0.1) is 25.6 Å². The van der Waals surface area contributed by atoms with Gasteiger partial charge in [0.2, 0.25) is 6.10 Å². The molecule has 1 amide bonds. The zero-order valence-electron chi connectivity index (χ0n) is 14.8. The van der Waals surface area contributed by atoms with Crippen LogP contribution in [-0.4, -0.2) is 38.2 Å². The van der Waals surface area contributed by atoms with E-state index in [0.717, 1.165) is 16.1 Å². The van der Waals surface area contributed by atoms with Crippen LogP contribution in [0.3, 0.4) is 0 Å². The molecule has 1 aliphatic rings. The van der Waals surface area contributed by atoms with Crippen molar-refractivity contribution in [3.8, 4) is 11.5 Å². The first-order valence-electron chi connectivity index (χ1n) is 8.05. The van der Waals surface area contributed by atoms with Gasteiger partial charge in [-0.25, -0.2) is 0 Å². The van der Waals surface area contributed by atoms with Gasteiger partial charge in [0.15, 0.2) is 11.5 Å². The summed E-state index contributed by atoms with van der Waals surface area (Å²) in [6.45, 7) is 0. The highest BCUT2D eigenvalue weighted by molar-refractivity contribution is 7.98. The Labute approximate surface area is 156 Å². The quantitative estimate of drug-likeness (QED) is 0.785. The Hall–Kier alpha value is -2.67. The summed E-state index contributed by atoms with van der Waals surface area (Å²) in [5.41, 5.74) is 2.17. The summed E-state index contributed by atoms with van der Waals surface area (Å²) in [5.74, 6) is 0.952. The second-order valence-electron chi connectivity index (χ2n) is 5.57. The van der Waals surface area contributed by atoms with E-state index >= 15 is 0 Å². The average Bonchev–Trinajstić information content (AvgIpc) is 3.17. The van der Waals surface area contributed by atoms with Crippen LogP contribution in [0.5, 0.6) is 11.5 Å². The number of anilines is 1. The van der Waals surface area contributed by atoms with Crippen LogP contribution in [0, 0.1) is 0 Å². The Bertz CT molecular complexity index is 838. The highest BCUT2D eigenvalue weighted by Crippen LogP contribution is 2.33. The van der Waals surface area contributed by atoms with Gasteiger partial charge in [-0.15, -0.1) is 11.8 Å². The molecule has 0 spiro atoms. The third-order valence-corrected chi connectivity index (χ3v) is 4.84. The lowest BCUT2D eigenvalue weighted by molar-refractivity contribution is -0.125. The number of thioether (sulfide) groups is 1. The highest BCUT2D eigenvalue weighted by Gasteiger charge is 2.31. The molecule has 1 heterocycles. The number of carbonyl (C=O) groups is 1. The number of ether oxygens (including phenoxy) is 2. The lowest BCUT2D eigenvalue weighted by Crippen LogP contribution is -2.28. The number of oxime groups is 1. The second kappa shape index (κ2) is 8.14. The van der Waals surface area contributed by atoms with E-state index in [1.807, 2.05) is 48.7 Å². The van der Waals surface area contributed by atoms with E-state index in [2.05, 4.69) is 10.5 Å². The summed E-state index contributed by atoms with van der Waals surface area (Å²) in [7, 11) is 3.15. The van der Waals surface area contributed by atoms with E-state index in [1.54, 1.807) is 26.0 Å². The van der Waals surface area contributed by atoms with E-state index in [-0.39, 0.29) is 5.91 Å². The number of nitrogens with one attached hydrogen (secondary N) is 1. The van der Waals surface area contributed by atoms with Crippen molar-refractivity contribution in [3.05, 3.63) is 48.0 Å². The predicted molar refractivity (Wildman–Crippen MR) is 102 cm³/mol. The maximum Gasteiger partial charge on any atom is 0.268 e. The van der Waals surface area contributed by atoms with Crippen LogP contribution < -0.4 is 14.8 Å². The molecule has 136 valence electrons. The summed E-state index contributed by atoms with van der Waals surface area (Å²) >= 11 is 1.57. The summed E-state index contributed by atoms with van der Waals surface area (Å²) < 4.78 is 10.7. The average molecular weight is 372 g/mol. The van der Waals surface area contributed by atoms with Crippen LogP contribution in [0.2, 0.25) is 0 Å². The van der Waals surface area contributed by atoms with Gasteiger partial charge in [0, 0.05) is 16.9 Å². The standard InChI is InChI=1S/C19H20N2O4S/c1-23-15-9-6-7-12(18(15)24-2)14-11-16(25-21-14)19(22)20-13-8-4-5-10-17(13)26-3/h4-10,16H,11H2,1-3H3,(H,20,22). The molecule has 0 saturated heterocycles. The van der Waals surface area contributed by atoms with Crippen molar-refractivity contribution in [2.24, 2.45) is 5.16 Å². The lowest BCUT2D eigenvalue weighted by Gasteiger charge is -2.13. The van der Waals surface area contributed by atoms with E-state index in [9.17, 15) is 4.79 Å². The van der Waals surface area contributed by atoms with Crippen LogP contribution in [0.25, 0.3) is 0 Å². The first-order valence-corrected chi connectivity index (χ1v) is 9.28. The molecule has 2 aromatic rings. The summed E-state index contributed by atoms with van der Waals surface area (Å²) in [5, 5.41) is 7.00. The Morgan fingerprint density at radius 2 is 2.00 bits per heavy atom. The van der Waals surface area contributed by atoms with Crippen molar-refractivity contribution >= 4 is 29.1 Å². The number of hydrogen-bond donors (Lipinski definition) is 1. The molecule has 0 aliphatic carbocycles. The molecule has 0 bridgehead atoms. The number of methoxy groups -OCH3 is 2. The molecule has 3 rings (SSSR count). The fourth-order valence-electron chi connectivity index (χ4n) is 2.75. The van der Waals surface area contributed by atoms with E-state index < -0.39 is 6.10 Å². The number of carbonyl (C=O) groups excluding carboxylic acids is 1. The number of hydrogen-bond acceptors (Lipinski definition) is 6. The molecular weight excluding hydrogens is 352 g/mol. The molecule has 0 saturated carbocycles. The first kappa shape index (κ1) is 18.1. The van der Waals surface area contributed by atoms with E-state index in [1.165, 1.54) is 0 Å². The fourth-order valence-corrected chi connectivity index (χ4v) is 3.31. The summed E-state index contributed by atoms with van der Waals surface area (Å²) in [4.78, 5) is 18.9. The van der Waals surface area contributed by atoms with Gasteiger partial charge < -0.3 is 19.6 Å². The van der Waals surface area contributed by atoms with Crippen molar-refractivity contribution < 1.29 is 19.1 Å². The molecule has 2 aromatic carbocycles. The van der Waals surface area contributed by atoms with Crippen molar-refractivity contribution in [2.45, 2.75) is 17.4 Å². The topological polar surface area (TPSA) is 69.2 Å². The maximum absolute atomic E-state index is 12.6. The molecule has 0 aromatic heterocycles. The number of amides is 1. The Morgan fingerprint density at radius 3 is 2.73 bits per heavy atom. The number of para-hydroxylation sites is 2. The summed E-state index contributed by atoms with van der Waals surface area (Å²) in [6, 6.07) is 13.2. The maximum atomic E-state index is 12.6. The van der Waals surface area contributed by atoms with Gasteiger partial charge in [-0.2, -0.15) is 0 Å². The van der Waals surface area contributed by atoms with Crippen LogP contribution in [-0.2, 0) is 9.63 Å². The monoisotopic (exact) mass is 372 g/mol. The van der Waals surface area contributed by atoms with E-state index in [0.29, 0.717) is 23.6 Å². The minimum absolute atomic E-state index is 0.230. The lowest BCUT2D eigenvalue weighted by atomic mass is 10.0. The molecule has 1 unspecified atom stereocenters. The van der Waals surface area contributed by atoms with Gasteiger partial charge in [-0.05, 0) is 30.5 Å². The minimum atomic E-state index is -0.684. The smallest absolute Gasteiger partial charge is 0.268 e. The third kappa shape index (κ3) is 3.62. The largest absolute Gasteiger partial charge is 0.493 e. The van der Waals surface area contributed by atoms with Gasteiger partial charge in [0.1, 0.15) is 0 Å². The predicted octanol–water partition coefficient (Wildman–Crippen LogP) is 3.56. The van der Waals surface area contributed by atoms with Crippen molar-refractivity contribution in [2.75, 3.05) is 25.8 Å². The van der Waals surface area contributed by atoms with Crippen LogP contribution in [0.1, 0.15) is 12.0 Å². The highest BCUT2D eigenvalue weighted by atomic mass is 32.2. The minimum Gasteiger partial charge on any atom is -0.493 e. The van der Waals surface area contributed by atoms with Gasteiger partial charge in [-0.3, -0.25) is 4.79 Å². The molecule has 7 heteroatoms.